The average Bonchev–Trinajstić information content (AvgIpc) is 2.78. The van der Waals surface area contributed by atoms with Crippen LogP contribution in [-0.2, 0) is 26.4 Å². The van der Waals surface area contributed by atoms with Crippen molar-refractivity contribution >= 4 is 16.7 Å². The third-order valence-electron chi connectivity index (χ3n) is 5.44. The van der Waals surface area contributed by atoms with Crippen molar-refractivity contribution in [2.45, 2.75) is 31.5 Å². The lowest BCUT2D eigenvalue weighted by Crippen LogP contribution is -2.39. The maximum absolute atomic E-state index is 12.3. The van der Waals surface area contributed by atoms with Crippen LogP contribution in [0.25, 0.3) is 10.8 Å². The number of aliphatic carboxylic acids is 1. The van der Waals surface area contributed by atoms with Crippen LogP contribution in [0.15, 0.2) is 66.7 Å². The molecule has 0 saturated carbocycles. The highest BCUT2D eigenvalue weighted by molar-refractivity contribution is 5.88. The number of carboxylic acids is 1. The summed E-state index contributed by atoms with van der Waals surface area (Å²) in [5, 5.41) is 21.9. The fourth-order valence-corrected chi connectivity index (χ4v) is 3.61. The zero-order valence-corrected chi connectivity index (χ0v) is 17.9. The molecule has 0 bridgehead atoms. The van der Waals surface area contributed by atoms with Gasteiger partial charge in [-0.05, 0) is 47.4 Å². The number of benzene rings is 3. The van der Waals surface area contributed by atoms with Gasteiger partial charge >= 0.3 is 5.97 Å². The summed E-state index contributed by atoms with van der Waals surface area (Å²) < 4.78 is 10.8. The molecule has 0 unspecified atom stereocenters. The molecule has 2 atom stereocenters. The molecule has 8 heteroatoms. The third kappa shape index (κ3) is 5.53. The summed E-state index contributed by atoms with van der Waals surface area (Å²) in [6.07, 6.45) is -1.19. The fourth-order valence-electron chi connectivity index (χ4n) is 3.61. The molecule has 3 rings (SSSR count). The topological polar surface area (TPSA) is 108 Å². The number of ether oxygens (including phenoxy) is 2. The van der Waals surface area contributed by atoms with Gasteiger partial charge in [-0.2, -0.15) is 0 Å². The van der Waals surface area contributed by atoms with E-state index in [1.807, 2.05) is 48.5 Å². The van der Waals surface area contributed by atoms with Crippen LogP contribution in [0.1, 0.15) is 24.5 Å². The maximum Gasteiger partial charge on any atom is 0.313 e. The summed E-state index contributed by atoms with van der Waals surface area (Å²) in [7, 11) is 1.58. The Labute approximate surface area is 185 Å². The Hall–Kier alpha value is -3.65. The van der Waals surface area contributed by atoms with E-state index < -0.39 is 22.6 Å². The van der Waals surface area contributed by atoms with Crippen molar-refractivity contribution in [3.05, 3.63) is 88.0 Å². The lowest BCUT2D eigenvalue weighted by atomic mass is 9.77. The van der Waals surface area contributed by atoms with E-state index >= 15 is 0 Å². The predicted molar refractivity (Wildman–Crippen MR) is 118 cm³/mol. The van der Waals surface area contributed by atoms with E-state index in [2.05, 4.69) is 0 Å². The SMILES string of the molecule is COc1ccc2cc([C@](C)(C[C@H](COCc3ccccc3)O[N+](=O)[O-])C(=O)O)ccc2c1. The molecule has 0 aliphatic heterocycles. The van der Waals surface area contributed by atoms with Gasteiger partial charge in [-0.25, -0.2) is 0 Å². The van der Waals surface area contributed by atoms with E-state index in [-0.39, 0.29) is 19.6 Å². The molecular formula is C24H25NO7. The van der Waals surface area contributed by atoms with Crippen LogP contribution in [0.2, 0.25) is 0 Å². The molecule has 0 spiro atoms. The van der Waals surface area contributed by atoms with Crippen molar-refractivity contribution in [1.29, 1.82) is 0 Å². The van der Waals surface area contributed by atoms with Gasteiger partial charge in [0.1, 0.15) is 11.9 Å². The largest absolute Gasteiger partial charge is 0.497 e. The Kier molecular flexibility index (Phi) is 7.27. The van der Waals surface area contributed by atoms with Crippen LogP contribution in [-0.4, -0.2) is 36.0 Å². The first kappa shape index (κ1) is 23.0. The minimum atomic E-state index is -1.43. The van der Waals surface area contributed by atoms with Gasteiger partial charge in [0.2, 0.25) is 0 Å². The first-order chi connectivity index (χ1) is 15.3. The van der Waals surface area contributed by atoms with Crippen LogP contribution in [0, 0.1) is 10.1 Å². The maximum atomic E-state index is 12.3. The van der Waals surface area contributed by atoms with Crippen molar-refractivity contribution in [3.63, 3.8) is 0 Å². The molecule has 0 fully saturated rings. The van der Waals surface area contributed by atoms with Crippen molar-refractivity contribution in [3.8, 4) is 5.75 Å². The molecule has 0 aliphatic carbocycles. The molecule has 0 amide bonds. The van der Waals surface area contributed by atoms with Gasteiger partial charge in [-0.15, -0.1) is 10.1 Å². The summed E-state index contributed by atoms with van der Waals surface area (Å²) in [5.74, 6) is -0.411. The van der Waals surface area contributed by atoms with Crippen molar-refractivity contribution in [2.24, 2.45) is 0 Å². The number of carboxylic acid groups (broad SMARTS) is 1. The fraction of sp³-hybridized carbons (Fsp3) is 0.292. The van der Waals surface area contributed by atoms with E-state index in [4.69, 9.17) is 14.3 Å². The highest BCUT2D eigenvalue weighted by Crippen LogP contribution is 2.33. The van der Waals surface area contributed by atoms with E-state index in [1.54, 1.807) is 25.3 Å². The van der Waals surface area contributed by atoms with Crippen molar-refractivity contribution in [1.82, 2.24) is 0 Å². The number of rotatable bonds is 11. The second-order valence-corrected chi connectivity index (χ2v) is 7.72. The highest BCUT2D eigenvalue weighted by Gasteiger charge is 2.39. The quantitative estimate of drug-likeness (QED) is 0.349. The number of methoxy groups -OCH3 is 1. The van der Waals surface area contributed by atoms with Gasteiger partial charge in [0.25, 0.3) is 5.09 Å². The summed E-state index contributed by atoms with van der Waals surface area (Å²) in [4.78, 5) is 28.1. The molecule has 32 heavy (non-hydrogen) atoms. The Morgan fingerprint density at radius 2 is 1.78 bits per heavy atom. The van der Waals surface area contributed by atoms with E-state index in [0.717, 1.165) is 16.3 Å². The molecular weight excluding hydrogens is 414 g/mol. The predicted octanol–water partition coefficient (Wildman–Crippen LogP) is 4.37. The van der Waals surface area contributed by atoms with E-state index in [9.17, 15) is 20.0 Å². The molecule has 8 nitrogen and oxygen atoms in total. The Balaban J connectivity index is 1.82. The Morgan fingerprint density at radius 3 is 2.44 bits per heavy atom. The zero-order valence-electron chi connectivity index (χ0n) is 17.9. The minimum absolute atomic E-state index is 0.122. The smallest absolute Gasteiger partial charge is 0.313 e. The molecule has 0 aromatic heterocycles. The molecule has 0 radical (unpaired) electrons. The summed E-state index contributed by atoms with van der Waals surface area (Å²) in [6.45, 7) is 1.65. The van der Waals surface area contributed by atoms with Crippen LogP contribution >= 0.6 is 0 Å². The van der Waals surface area contributed by atoms with Gasteiger partial charge in [0.05, 0.1) is 25.7 Å². The normalized spacial score (nSPS) is 13.8. The van der Waals surface area contributed by atoms with Gasteiger partial charge in [0, 0.05) is 0 Å². The Morgan fingerprint density at radius 1 is 1.09 bits per heavy atom. The molecule has 168 valence electrons. The van der Waals surface area contributed by atoms with Crippen LogP contribution in [0.4, 0.5) is 0 Å². The number of hydrogen-bond donors (Lipinski definition) is 1. The number of fused-ring (bicyclic) bond motifs is 1. The first-order valence-electron chi connectivity index (χ1n) is 10.1. The first-order valence-corrected chi connectivity index (χ1v) is 10.1. The lowest BCUT2D eigenvalue weighted by Gasteiger charge is -2.29. The van der Waals surface area contributed by atoms with E-state index in [1.165, 1.54) is 6.92 Å². The standard InChI is InChI=1S/C24H25NO7/c1-24(23(26)27,20-10-8-19-13-21(30-2)11-9-18(19)12-20)14-22(32-25(28)29)16-31-15-17-6-4-3-5-7-17/h3-13,22H,14-16H2,1-2H3,(H,26,27)/t22-,24+/m1/s1. The highest BCUT2D eigenvalue weighted by atomic mass is 17.0. The second-order valence-electron chi connectivity index (χ2n) is 7.72. The molecule has 3 aromatic rings. The van der Waals surface area contributed by atoms with Gasteiger partial charge < -0.3 is 19.4 Å². The van der Waals surface area contributed by atoms with Crippen LogP contribution < -0.4 is 4.74 Å². The minimum Gasteiger partial charge on any atom is -0.497 e. The molecule has 0 saturated heterocycles. The number of nitrogens with zero attached hydrogens (tertiary/aromatic N) is 1. The average molecular weight is 439 g/mol. The van der Waals surface area contributed by atoms with Crippen LogP contribution in [0.3, 0.4) is 0 Å². The van der Waals surface area contributed by atoms with Crippen molar-refractivity contribution < 1.29 is 29.3 Å². The van der Waals surface area contributed by atoms with Crippen LogP contribution in [0.5, 0.6) is 5.75 Å². The number of carbonyl (C=O) groups is 1. The molecule has 0 aliphatic rings. The Bertz CT molecular complexity index is 1090. The third-order valence-corrected chi connectivity index (χ3v) is 5.44. The lowest BCUT2D eigenvalue weighted by molar-refractivity contribution is -0.769. The number of hydrogen-bond acceptors (Lipinski definition) is 6. The van der Waals surface area contributed by atoms with E-state index in [0.29, 0.717) is 11.3 Å². The van der Waals surface area contributed by atoms with Gasteiger partial charge in [-0.1, -0.05) is 54.6 Å². The monoisotopic (exact) mass is 439 g/mol. The second kappa shape index (κ2) is 10.1. The van der Waals surface area contributed by atoms with Gasteiger partial charge in [-0.3, -0.25) is 4.79 Å². The summed E-state index contributed by atoms with van der Waals surface area (Å²) in [6, 6.07) is 20.1. The molecule has 0 heterocycles. The molecule has 1 N–H and O–H groups in total. The van der Waals surface area contributed by atoms with Crippen molar-refractivity contribution in [2.75, 3.05) is 13.7 Å². The molecule has 3 aromatic carbocycles. The van der Waals surface area contributed by atoms with Gasteiger partial charge in [0.15, 0.2) is 0 Å². The zero-order chi connectivity index (χ0) is 23.1. The summed E-state index contributed by atoms with van der Waals surface area (Å²) in [5.41, 5.74) is -0.00812. The summed E-state index contributed by atoms with van der Waals surface area (Å²) >= 11 is 0.